The van der Waals surface area contributed by atoms with Gasteiger partial charge in [-0.2, -0.15) is 0 Å². The summed E-state index contributed by atoms with van der Waals surface area (Å²) in [6, 6.07) is 0. The minimum atomic E-state index is 0.948. The van der Waals surface area contributed by atoms with Crippen molar-refractivity contribution in [2.75, 3.05) is 0 Å². The minimum absolute atomic E-state index is 0.948. The van der Waals surface area contributed by atoms with Crippen LogP contribution in [0.15, 0.2) is 12.2 Å². The Bertz CT molecular complexity index is 135. The van der Waals surface area contributed by atoms with Crippen molar-refractivity contribution in [2.45, 2.75) is 26.2 Å². The summed E-state index contributed by atoms with van der Waals surface area (Å²) < 4.78 is 0. The van der Waals surface area contributed by atoms with Gasteiger partial charge in [-0.3, -0.25) is 0 Å². The molecule has 0 amide bonds. The third-order valence-corrected chi connectivity index (χ3v) is 2.82. The number of allylic oxidation sites excluding steroid dienone is 2. The largest absolute Gasteiger partial charge is 0.0880 e. The van der Waals surface area contributed by atoms with Crippen molar-refractivity contribution < 1.29 is 0 Å². The first kappa shape index (κ1) is 5.52. The lowest BCUT2D eigenvalue weighted by atomic mass is 9.94. The molecular formula is C9H14. The Hall–Kier alpha value is -0.260. The molecule has 0 aromatic heterocycles. The maximum Gasteiger partial charge on any atom is -0.0205 e. The number of fused-ring (bicyclic) bond motifs is 1. The molecule has 0 aromatic rings. The lowest BCUT2D eigenvalue weighted by Gasteiger charge is -2.12. The van der Waals surface area contributed by atoms with Gasteiger partial charge in [-0.25, -0.2) is 0 Å². The van der Waals surface area contributed by atoms with E-state index in [1.165, 1.54) is 19.3 Å². The molecule has 0 heteroatoms. The van der Waals surface area contributed by atoms with Crippen molar-refractivity contribution in [1.29, 1.82) is 0 Å². The van der Waals surface area contributed by atoms with Crippen LogP contribution in [0.3, 0.4) is 0 Å². The fourth-order valence-electron chi connectivity index (χ4n) is 2.08. The summed E-state index contributed by atoms with van der Waals surface area (Å²) in [5, 5.41) is 0. The highest BCUT2D eigenvalue weighted by atomic mass is 14.5. The number of rotatable bonds is 1. The van der Waals surface area contributed by atoms with E-state index in [1.54, 1.807) is 0 Å². The quantitative estimate of drug-likeness (QED) is 0.469. The van der Waals surface area contributed by atoms with E-state index >= 15 is 0 Å². The average Bonchev–Trinajstić information content (AvgIpc) is 2.64. The Kier molecular flexibility index (Phi) is 1.14. The summed E-state index contributed by atoms with van der Waals surface area (Å²) in [5.41, 5.74) is 0. The first-order valence-electron chi connectivity index (χ1n) is 4.08. The van der Waals surface area contributed by atoms with Crippen LogP contribution in [0, 0.1) is 17.8 Å². The van der Waals surface area contributed by atoms with Crippen molar-refractivity contribution in [2.24, 2.45) is 17.8 Å². The molecule has 0 nitrogen and oxygen atoms in total. The van der Waals surface area contributed by atoms with Crippen LogP contribution in [0.25, 0.3) is 0 Å². The van der Waals surface area contributed by atoms with Crippen LogP contribution in [-0.2, 0) is 0 Å². The zero-order valence-corrected chi connectivity index (χ0v) is 6.01. The Morgan fingerprint density at radius 1 is 1.56 bits per heavy atom. The van der Waals surface area contributed by atoms with Crippen LogP contribution in [-0.4, -0.2) is 0 Å². The zero-order valence-electron chi connectivity index (χ0n) is 6.01. The van der Waals surface area contributed by atoms with Gasteiger partial charge in [0.2, 0.25) is 0 Å². The molecule has 2 aliphatic carbocycles. The fourth-order valence-corrected chi connectivity index (χ4v) is 2.08. The van der Waals surface area contributed by atoms with Gasteiger partial charge in [0.1, 0.15) is 0 Å². The molecule has 1 saturated carbocycles. The van der Waals surface area contributed by atoms with Crippen LogP contribution < -0.4 is 0 Å². The van der Waals surface area contributed by atoms with Crippen molar-refractivity contribution in [3.8, 4) is 0 Å². The van der Waals surface area contributed by atoms with Gasteiger partial charge in [-0.15, -0.1) is 0 Å². The third-order valence-electron chi connectivity index (χ3n) is 2.82. The van der Waals surface area contributed by atoms with Crippen LogP contribution in [0.5, 0.6) is 0 Å². The molecule has 0 saturated heterocycles. The second-order valence-electron chi connectivity index (χ2n) is 3.40. The van der Waals surface area contributed by atoms with Gasteiger partial charge in [0, 0.05) is 0 Å². The molecule has 0 N–H and O–H groups in total. The average molecular weight is 122 g/mol. The van der Waals surface area contributed by atoms with Gasteiger partial charge >= 0.3 is 0 Å². The molecule has 9 heavy (non-hydrogen) atoms. The Morgan fingerprint density at radius 3 is 3.11 bits per heavy atom. The Balaban J connectivity index is 2.05. The van der Waals surface area contributed by atoms with Gasteiger partial charge < -0.3 is 0 Å². The predicted octanol–water partition coefficient (Wildman–Crippen LogP) is 2.61. The number of hydrogen-bond donors (Lipinski definition) is 0. The standard InChI is InChI=1S/C9H14/c1-2-7-4-3-5-8-6-9(7)8/h3-4,7-9H,2,5-6H2,1H3/t7-,8?,9?/m1/s1. The van der Waals surface area contributed by atoms with Gasteiger partial charge in [-0.1, -0.05) is 19.1 Å². The zero-order chi connectivity index (χ0) is 6.27. The predicted molar refractivity (Wildman–Crippen MR) is 39.1 cm³/mol. The van der Waals surface area contributed by atoms with Gasteiger partial charge in [0.15, 0.2) is 0 Å². The topological polar surface area (TPSA) is 0 Å². The second kappa shape index (κ2) is 1.86. The van der Waals surface area contributed by atoms with Crippen molar-refractivity contribution in [1.82, 2.24) is 0 Å². The molecule has 0 radical (unpaired) electrons. The lowest BCUT2D eigenvalue weighted by molar-refractivity contribution is 0.492. The molecular weight excluding hydrogens is 108 g/mol. The van der Waals surface area contributed by atoms with E-state index in [4.69, 9.17) is 0 Å². The van der Waals surface area contributed by atoms with Crippen molar-refractivity contribution in [3.05, 3.63) is 12.2 Å². The highest BCUT2D eigenvalue weighted by molar-refractivity contribution is 5.07. The van der Waals surface area contributed by atoms with Crippen LogP contribution in [0.4, 0.5) is 0 Å². The third kappa shape index (κ3) is 0.810. The molecule has 2 aliphatic rings. The van der Waals surface area contributed by atoms with E-state index in [1.807, 2.05) is 0 Å². The van der Waals surface area contributed by atoms with Crippen molar-refractivity contribution in [3.63, 3.8) is 0 Å². The summed E-state index contributed by atoms with van der Waals surface area (Å²) in [7, 11) is 0. The normalized spacial score (nSPS) is 46.6. The molecule has 2 unspecified atom stereocenters. The molecule has 50 valence electrons. The first-order valence-corrected chi connectivity index (χ1v) is 4.08. The maximum absolute atomic E-state index is 2.42. The van der Waals surface area contributed by atoms with E-state index in [-0.39, 0.29) is 0 Å². The summed E-state index contributed by atoms with van der Waals surface area (Å²) in [5.74, 6) is 3.14. The molecule has 0 bridgehead atoms. The molecule has 0 spiro atoms. The van der Waals surface area contributed by atoms with E-state index in [2.05, 4.69) is 19.1 Å². The molecule has 0 heterocycles. The van der Waals surface area contributed by atoms with E-state index in [0.717, 1.165) is 17.8 Å². The summed E-state index contributed by atoms with van der Waals surface area (Å²) in [6.45, 7) is 2.30. The highest BCUT2D eigenvalue weighted by Gasteiger charge is 2.41. The second-order valence-corrected chi connectivity index (χ2v) is 3.40. The molecule has 3 atom stereocenters. The lowest BCUT2D eigenvalue weighted by Crippen LogP contribution is -2.02. The van der Waals surface area contributed by atoms with E-state index in [0.29, 0.717) is 0 Å². The first-order chi connectivity index (χ1) is 4.42. The van der Waals surface area contributed by atoms with Crippen LogP contribution in [0.2, 0.25) is 0 Å². The minimum Gasteiger partial charge on any atom is -0.0880 e. The summed E-state index contributed by atoms with van der Waals surface area (Å²) in [6.07, 6.45) is 9.06. The van der Waals surface area contributed by atoms with Gasteiger partial charge in [0.25, 0.3) is 0 Å². The summed E-state index contributed by atoms with van der Waals surface area (Å²) >= 11 is 0. The monoisotopic (exact) mass is 122 g/mol. The fraction of sp³-hybridized carbons (Fsp3) is 0.778. The Morgan fingerprint density at radius 2 is 2.44 bits per heavy atom. The van der Waals surface area contributed by atoms with Crippen molar-refractivity contribution >= 4 is 0 Å². The molecule has 0 aromatic carbocycles. The number of hydrogen-bond acceptors (Lipinski definition) is 0. The van der Waals surface area contributed by atoms with Crippen LogP contribution >= 0.6 is 0 Å². The maximum atomic E-state index is 2.42. The SMILES string of the molecule is CC[C@@H]1C=CCC2CC21. The van der Waals surface area contributed by atoms with Crippen LogP contribution in [0.1, 0.15) is 26.2 Å². The molecule has 0 aliphatic heterocycles. The molecule has 1 fully saturated rings. The summed E-state index contributed by atoms with van der Waals surface area (Å²) in [4.78, 5) is 0. The van der Waals surface area contributed by atoms with E-state index in [9.17, 15) is 0 Å². The molecule has 2 rings (SSSR count). The van der Waals surface area contributed by atoms with Gasteiger partial charge in [-0.05, 0) is 37.0 Å². The smallest absolute Gasteiger partial charge is 0.0205 e. The Labute approximate surface area is 57.0 Å². The van der Waals surface area contributed by atoms with E-state index < -0.39 is 0 Å². The highest BCUT2D eigenvalue weighted by Crippen LogP contribution is 2.50. The van der Waals surface area contributed by atoms with Gasteiger partial charge in [0.05, 0.1) is 0 Å².